The number of urea groups is 1. The van der Waals surface area contributed by atoms with E-state index in [-0.39, 0.29) is 0 Å². The van der Waals surface area contributed by atoms with Crippen LogP contribution >= 0.6 is 27.5 Å². The van der Waals surface area contributed by atoms with Crippen LogP contribution in [0.25, 0.3) is 0 Å². The van der Waals surface area contributed by atoms with Gasteiger partial charge in [-0.3, -0.25) is 4.79 Å². The van der Waals surface area contributed by atoms with Gasteiger partial charge in [-0.15, -0.1) is 0 Å². The molecular weight excluding hydrogens is 299 g/mol. The van der Waals surface area contributed by atoms with Gasteiger partial charge in [0.2, 0.25) is 0 Å². The fraction of sp³-hybridized carbons (Fsp3) is 0.111. The number of hydrogen-bond acceptors (Lipinski definition) is 2. The van der Waals surface area contributed by atoms with Crippen LogP contribution in [0, 0.1) is 0 Å². The largest absolute Gasteiger partial charge is 0.480 e. The highest BCUT2D eigenvalue weighted by molar-refractivity contribution is 9.10. The van der Waals surface area contributed by atoms with Crippen LogP contribution in [-0.2, 0) is 4.79 Å². The van der Waals surface area contributed by atoms with E-state index >= 15 is 0 Å². The Morgan fingerprint density at radius 1 is 1.44 bits per heavy atom. The second-order valence-electron chi connectivity index (χ2n) is 2.83. The van der Waals surface area contributed by atoms with E-state index in [1.54, 1.807) is 18.2 Å². The van der Waals surface area contributed by atoms with Gasteiger partial charge in [0.1, 0.15) is 6.54 Å². The minimum Gasteiger partial charge on any atom is -0.480 e. The van der Waals surface area contributed by atoms with Gasteiger partial charge in [-0.25, -0.2) is 4.79 Å². The van der Waals surface area contributed by atoms with Gasteiger partial charge in [0.25, 0.3) is 0 Å². The highest BCUT2D eigenvalue weighted by atomic mass is 79.9. The van der Waals surface area contributed by atoms with Gasteiger partial charge in [0, 0.05) is 9.50 Å². The molecule has 2 amide bonds. The Morgan fingerprint density at radius 2 is 2.12 bits per heavy atom. The third-order valence-electron chi connectivity index (χ3n) is 1.58. The number of benzene rings is 1. The number of carbonyl (C=O) groups is 2. The molecule has 0 aromatic heterocycles. The van der Waals surface area contributed by atoms with Crippen LogP contribution in [0.15, 0.2) is 22.7 Å². The van der Waals surface area contributed by atoms with Crippen molar-refractivity contribution in [1.82, 2.24) is 5.32 Å². The molecule has 16 heavy (non-hydrogen) atoms. The van der Waals surface area contributed by atoms with Crippen LogP contribution in [0.3, 0.4) is 0 Å². The predicted octanol–water partition coefficient (Wildman–Crippen LogP) is 2.31. The molecule has 0 heterocycles. The molecule has 0 bridgehead atoms. The summed E-state index contributed by atoms with van der Waals surface area (Å²) in [6, 6.07) is 4.24. The third-order valence-corrected chi connectivity index (χ3v) is 2.47. The van der Waals surface area contributed by atoms with E-state index in [9.17, 15) is 9.59 Å². The summed E-state index contributed by atoms with van der Waals surface area (Å²) < 4.78 is 0.616. The van der Waals surface area contributed by atoms with Crippen molar-refractivity contribution in [1.29, 1.82) is 0 Å². The van der Waals surface area contributed by atoms with E-state index < -0.39 is 18.5 Å². The Balaban J connectivity index is 2.59. The molecule has 86 valence electrons. The average molecular weight is 308 g/mol. The first kappa shape index (κ1) is 12.8. The SMILES string of the molecule is O=C(O)CNC(=O)Nc1ccc(Cl)cc1Br. The standard InChI is InChI=1S/C9H8BrClN2O3/c10-6-3-5(11)1-2-7(6)13-9(16)12-4-8(14)15/h1-3H,4H2,(H,14,15)(H2,12,13,16). The molecule has 0 unspecified atom stereocenters. The number of carboxylic acids is 1. The van der Waals surface area contributed by atoms with Crippen LogP contribution in [0.5, 0.6) is 0 Å². The minimum absolute atomic E-state index is 0.433. The summed E-state index contributed by atoms with van der Waals surface area (Å²) >= 11 is 8.93. The zero-order chi connectivity index (χ0) is 12.1. The fourth-order valence-electron chi connectivity index (χ4n) is 0.913. The Kier molecular flexibility index (Phi) is 4.57. The predicted molar refractivity (Wildman–Crippen MR) is 63.8 cm³/mol. The summed E-state index contributed by atoms with van der Waals surface area (Å²) in [6.45, 7) is -0.433. The maximum absolute atomic E-state index is 11.2. The van der Waals surface area contributed by atoms with Crippen molar-refractivity contribution in [2.24, 2.45) is 0 Å². The van der Waals surface area contributed by atoms with Crippen molar-refractivity contribution < 1.29 is 14.7 Å². The molecule has 0 spiro atoms. The monoisotopic (exact) mass is 306 g/mol. The lowest BCUT2D eigenvalue weighted by Crippen LogP contribution is -2.33. The topological polar surface area (TPSA) is 78.4 Å². The van der Waals surface area contributed by atoms with Crippen molar-refractivity contribution in [2.75, 3.05) is 11.9 Å². The van der Waals surface area contributed by atoms with Crippen LogP contribution in [-0.4, -0.2) is 23.7 Å². The second kappa shape index (κ2) is 5.72. The number of carbonyl (C=O) groups excluding carboxylic acids is 1. The lowest BCUT2D eigenvalue weighted by molar-refractivity contribution is -0.135. The molecule has 1 rings (SSSR count). The number of aliphatic carboxylic acids is 1. The Bertz CT molecular complexity index is 425. The summed E-state index contributed by atoms with van der Waals surface area (Å²) in [5.74, 6) is -1.11. The van der Waals surface area contributed by atoms with Crippen molar-refractivity contribution in [2.45, 2.75) is 0 Å². The van der Waals surface area contributed by atoms with Gasteiger partial charge < -0.3 is 15.7 Å². The summed E-state index contributed by atoms with van der Waals surface area (Å²) in [4.78, 5) is 21.4. The molecule has 1 aromatic rings. The highest BCUT2D eigenvalue weighted by Crippen LogP contribution is 2.25. The molecule has 0 fully saturated rings. The number of nitrogens with one attached hydrogen (secondary N) is 2. The van der Waals surface area contributed by atoms with Gasteiger partial charge in [0.05, 0.1) is 5.69 Å². The Morgan fingerprint density at radius 3 is 2.69 bits per heavy atom. The summed E-state index contributed by atoms with van der Waals surface area (Å²) in [7, 11) is 0. The zero-order valence-corrected chi connectivity index (χ0v) is 10.3. The lowest BCUT2D eigenvalue weighted by atomic mass is 10.3. The molecule has 0 atom stereocenters. The third kappa shape index (κ3) is 4.08. The van der Waals surface area contributed by atoms with Gasteiger partial charge in [-0.05, 0) is 34.1 Å². The van der Waals surface area contributed by atoms with Crippen LogP contribution < -0.4 is 10.6 Å². The van der Waals surface area contributed by atoms with E-state index in [2.05, 4.69) is 26.6 Å². The maximum Gasteiger partial charge on any atom is 0.323 e. The van der Waals surface area contributed by atoms with E-state index in [4.69, 9.17) is 16.7 Å². The zero-order valence-electron chi connectivity index (χ0n) is 7.96. The molecule has 0 aliphatic rings. The van der Waals surface area contributed by atoms with Crippen molar-refractivity contribution in [3.63, 3.8) is 0 Å². The molecule has 3 N–H and O–H groups in total. The van der Waals surface area contributed by atoms with Gasteiger partial charge in [-0.1, -0.05) is 11.6 Å². The summed E-state index contributed by atoms with van der Waals surface area (Å²) in [5, 5.41) is 13.5. The Labute approximate surface area is 105 Å². The smallest absolute Gasteiger partial charge is 0.323 e. The fourth-order valence-corrected chi connectivity index (χ4v) is 1.70. The molecule has 0 saturated heterocycles. The number of halogens is 2. The quantitative estimate of drug-likeness (QED) is 0.802. The molecule has 0 saturated carbocycles. The molecule has 5 nitrogen and oxygen atoms in total. The van der Waals surface area contributed by atoms with E-state index in [1.807, 2.05) is 0 Å². The van der Waals surface area contributed by atoms with Crippen LogP contribution in [0.1, 0.15) is 0 Å². The first-order valence-electron chi connectivity index (χ1n) is 4.20. The molecule has 7 heteroatoms. The minimum atomic E-state index is -1.11. The van der Waals surface area contributed by atoms with Gasteiger partial charge in [-0.2, -0.15) is 0 Å². The van der Waals surface area contributed by atoms with Crippen LogP contribution in [0.4, 0.5) is 10.5 Å². The molecule has 0 aliphatic heterocycles. The van der Waals surface area contributed by atoms with Crippen LogP contribution in [0.2, 0.25) is 5.02 Å². The number of anilines is 1. The molecular formula is C9H8BrClN2O3. The van der Waals surface area contributed by atoms with Crippen molar-refractivity contribution in [3.05, 3.63) is 27.7 Å². The lowest BCUT2D eigenvalue weighted by Gasteiger charge is -2.07. The highest BCUT2D eigenvalue weighted by Gasteiger charge is 2.06. The second-order valence-corrected chi connectivity index (χ2v) is 4.12. The number of carboxylic acid groups (broad SMARTS) is 1. The molecule has 0 aliphatic carbocycles. The maximum atomic E-state index is 11.2. The van der Waals surface area contributed by atoms with Gasteiger partial charge >= 0.3 is 12.0 Å². The number of amides is 2. The molecule has 0 radical (unpaired) electrons. The van der Waals surface area contributed by atoms with E-state index in [0.29, 0.717) is 15.2 Å². The van der Waals surface area contributed by atoms with Gasteiger partial charge in [0.15, 0.2) is 0 Å². The summed E-state index contributed by atoms with van der Waals surface area (Å²) in [5.41, 5.74) is 0.507. The Hall–Kier alpha value is -1.27. The molecule has 1 aromatic carbocycles. The van der Waals surface area contributed by atoms with E-state index in [1.165, 1.54) is 0 Å². The summed E-state index contributed by atoms with van der Waals surface area (Å²) in [6.07, 6.45) is 0. The average Bonchev–Trinajstić information content (AvgIpc) is 2.19. The first-order valence-corrected chi connectivity index (χ1v) is 5.38. The van der Waals surface area contributed by atoms with Crippen molar-refractivity contribution >= 4 is 45.2 Å². The van der Waals surface area contributed by atoms with Crippen molar-refractivity contribution in [3.8, 4) is 0 Å². The number of rotatable bonds is 3. The normalized spacial score (nSPS) is 9.62. The van der Waals surface area contributed by atoms with E-state index in [0.717, 1.165) is 0 Å². The first-order chi connectivity index (χ1) is 7.49. The number of hydrogen-bond donors (Lipinski definition) is 3.